The lowest BCUT2D eigenvalue weighted by Crippen LogP contribution is -2.33. The summed E-state index contributed by atoms with van der Waals surface area (Å²) in [7, 11) is 0. The van der Waals surface area contributed by atoms with Gasteiger partial charge in [0.2, 0.25) is 5.91 Å². The van der Waals surface area contributed by atoms with Gasteiger partial charge in [0.25, 0.3) is 5.91 Å². The quantitative estimate of drug-likeness (QED) is 0.621. The Labute approximate surface area is 119 Å². The minimum absolute atomic E-state index is 0.202. The first-order chi connectivity index (χ1) is 10.1. The van der Waals surface area contributed by atoms with Crippen LogP contribution in [0.2, 0.25) is 0 Å². The van der Waals surface area contributed by atoms with Gasteiger partial charge in [-0.2, -0.15) is 0 Å². The second-order valence-corrected chi connectivity index (χ2v) is 4.08. The molecular formula is C14H12N2O5. The van der Waals surface area contributed by atoms with E-state index in [1.807, 2.05) is 0 Å². The number of hydrogen-bond acceptors (Lipinski definition) is 5. The van der Waals surface area contributed by atoms with Crippen LogP contribution in [0, 0.1) is 0 Å². The molecule has 0 saturated carbocycles. The van der Waals surface area contributed by atoms with Crippen molar-refractivity contribution in [3.8, 4) is 5.75 Å². The molecule has 0 saturated heterocycles. The Balaban J connectivity index is 2.05. The van der Waals surface area contributed by atoms with E-state index >= 15 is 0 Å². The molecular weight excluding hydrogens is 276 g/mol. The van der Waals surface area contributed by atoms with Crippen molar-refractivity contribution in [2.24, 2.45) is 5.73 Å². The van der Waals surface area contributed by atoms with Gasteiger partial charge in [-0.15, -0.1) is 0 Å². The van der Waals surface area contributed by atoms with Crippen LogP contribution in [-0.2, 0) is 4.79 Å². The summed E-state index contributed by atoms with van der Waals surface area (Å²) in [6.45, 7) is -0.266. The van der Waals surface area contributed by atoms with Gasteiger partial charge in [-0.25, -0.2) is 4.79 Å². The topological polar surface area (TPSA) is 112 Å². The molecule has 7 heteroatoms. The van der Waals surface area contributed by atoms with Crippen molar-refractivity contribution in [1.29, 1.82) is 0 Å². The highest BCUT2D eigenvalue weighted by atomic mass is 16.5. The number of primary amides is 1. The molecule has 1 aromatic heterocycles. The number of carbonyl (C=O) groups is 3. The molecule has 2 aromatic rings. The summed E-state index contributed by atoms with van der Waals surface area (Å²) in [5, 5.41) is 2.34. The zero-order valence-electron chi connectivity index (χ0n) is 10.9. The van der Waals surface area contributed by atoms with E-state index in [2.05, 4.69) is 5.32 Å². The van der Waals surface area contributed by atoms with Crippen molar-refractivity contribution in [2.45, 2.75) is 0 Å². The molecule has 0 aliphatic carbocycles. The number of rotatable bonds is 5. The smallest absolute Gasteiger partial charge is 0.346 e. The molecule has 0 radical (unpaired) electrons. The lowest BCUT2D eigenvalue weighted by Gasteiger charge is -2.06. The summed E-state index contributed by atoms with van der Waals surface area (Å²) in [5.74, 6) is -1.53. The van der Waals surface area contributed by atoms with E-state index in [0.717, 1.165) is 0 Å². The second kappa shape index (κ2) is 6.38. The molecule has 1 heterocycles. The average molecular weight is 288 g/mol. The predicted molar refractivity (Wildman–Crippen MR) is 71.6 cm³/mol. The lowest BCUT2D eigenvalue weighted by molar-refractivity contribution is -0.117. The molecule has 7 nitrogen and oxygen atoms in total. The van der Waals surface area contributed by atoms with Crippen molar-refractivity contribution >= 4 is 17.8 Å². The molecule has 2 amide bonds. The third-order valence-corrected chi connectivity index (χ3v) is 2.49. The van der Waals surface area contributed by atoms with Crippen LogP contribution in [-0.4, -0.2) is 24.3 Å². The van der Waals surface area contributed by atoms with Crippen molar-refractivity contribution in [2.75, 3.05) is 6.54 Å². The largest absolute Gasteiger partial charge is 0.472 e. The van der Waals surface area contributed by atoms with Crippen molar-refractivity contribution < 1.29 is 23.5 Å². The molecule has 0 spiro atoms. The first-order valence-electron chi connectivity index (χ1n) is 5.97. The van der Waals surface area contributed by atoms with Crippen molar-refractivity contribution in [1.82, 2.24) is 5.32 Å². The van der Waals surface area contributed by atoms with Gasteiger partial charge in [-0.05, 0) is 24.3 Å². The lowest BCUT2D eigenvalue weighted by atomic mass is 10.2. The summed E-state index contributed by atoms with van der Waals surface area (Å²) >= 11 is 0. The fraction of sp³-hybridized carbons (Fsp3) is 0.0714. The summed E-state index contributed by atoms with van der Waals surface area (Å²) in [6.07, 6.45) is 2.61. The monoisotopic (exact) mass is 288 g/mol. The van der Waals surface area contributed by atoms with E-state index in [1.54, 1.807) is 6.07 Å². The average Bonchev–Trinajstić information content (AvgIpc) is 2.99. The van der Waals surface area contributed by atoms with E-state index in [0.29, 0.717) is 0 Å². The number of hydrogen-bond donors (Lipinski definition) is 2. The summed E-state index contributed by atoms with van der Waals surface area (Å²) < 4.78 is 9.89. The van der Waals surface area contributed by atoms with Crippen LogP contribution in [0.3, 0.4) is 0 Å². The van der Waals surface area contributed by atoms with Gasteiger partial charge < -0.3 is 20.2 Å². The van der Waals surface area contributed by atoms with Gasteiger partial charge in [-0.1, -0.05) is 6.07 Å². The van der Waals surface area contributed by atoms with E-state index in [4.69, 9.17) is 14.9 Å². The fourth-order valence-corrected chi connectivity index (χ4v) is 1.52. The highest BCUT2D eigenvalue weighted by molar-refractivity contribution is 5.97. The maximum Gasteiger partial charge on any atom is 0.346 e. The van der Waals surface area contributed by atoms with E-state index in [1.165, 1.54) is 36.8 Å². The van der Waals surface area contributed by atoms with Crippen LogP contribution >= 0.6 is 0 Å². The molecule has 0 bridgehead atoms. The van der Waals surface area contributed by atoms with Crippen LogP contribution < -0.4 is 15.8 Å². The minimum Gasteiger partial charge on any atom is -0.472 e. The van der Waals surface area contributed by atoms with Crippen LogP contribution in [0.5, 0.6) is 5.75 Å². The molecule has 0 atom stereocenters. The Morgan fingerprint density at radius 1 is 1.19 bits per heavy atom. The Hall–Kier alpha value is -3.09. The van der Waals surface area contributed by atoms with Crippen molar-refractivity contribution in [3.05, 3.63) is 54.0 Å². The molecule has 108 valence electrons. The third-order valence-electron chi connectivity index (χ3n) is 2.49. The zero-order valence-corrected chi connectivity index (χ0v) is 10.9. The predicted octanol–water partition coefficient (Wildman–Crippen LogP) is 0.714. The number of esters is 1. The van der Waals surface area contributed by atoms with Gasteiger partial charge in [0, 0.05) is 5.56 Å². The Kier molecular flexibility index (Phi) is 4.35. The number of ether oxygens (including phenoxy) is 1. The number of nitrogens with two attached hydrogens (primary N) is 1. The van der Waals surface area contributed by atoms with Gasteiger partial charge in [0.05, 0.1) is 18.4 Å². The molecule has 0 aliphatic rings. The van der Waals surface area contributed by atoms with Gasteiger partial charge in [0.15, 0.2) is 0 Å². The number of nitrogens with one attached hydrogen (secondary N) is 1. The number of benzene rings is 1. The van der Waals surface area contributed by atoms with Gasteiger partial charge in [-0.3, -0.25) is 9.59 Å². The molecule has 0 fully saturated rings. The Bertz CT molecular complexity index is 664. The molecule has 21 heavy (non-hydrogen) atoms. The van der Waals surface area contributed by atoms with Crippen LogP contribution in [0.15, 0.2) is 47.3 Å². The zero-order chi connectivity index (χ0) is 15.2. The Morgan fingerprint density at radius 2 is 2.00 bits per heavy atom. The maximum absolute atomic E-state index is 11.7. The normalized spacial score (nSPS) is 9.90. The minimum atomic E-state index is -0.647. The molecule has 0 unspecified atom stereocenters. The maximum atomic E-state index is 11.7. The van der Waals surface area contributed by atoms with Crippen LogP contribution in [0.1, 0.15) is 20.7 Å². The summed E-state index contributed by atoms with van der Waals surface area (Å²) in [6, 6.07) is 7.45. The van der Waals surface area contributed by atoms with E-state index in [-0.39, 0.29) is 23.4 Å². The Morgan fingerprint density at radius 3 is 2.67 bits per heavy atom. The first kappa shape index (κ1) is 14.3. The van der Waals surface area contributed by atoms with Crippen LogP contribution in [0.25, 0.3) is 0 Å². The molecule has 3 N–H and O–H groups in total. The highest BCUT2D eigenvalue weighted by Crippen LogP contribution is 2.15. The van der Waals surface area contributed by atoms with Crippen molar-refractivity contribution in [3.63, 3.8) is 0 Å². The fourth-order valence-electron chi connectivity index (χ4n) is 1.52. The number of amides is 2. The number of carbonyl (C=O) groups excluding carboxylic acids is 3. The molecule has 1 aromatic carbocycles. The van der Waals surface area contributed by atoms with Gasteiger partial charge >= 0.3 is 5.97 Å². The number of furan rings is 1. The van der Waals surface area contributed by atoms with E-state index < -0.39 is 17.8 Å². The molecule has 0 aliphatic heterocycles. The summed E-state index contributed by atoms with van der Waals surface area (Å²) in [4.78, 5) is 34.1. The molecule has 2 rings (SSSR count). The first-order valence-corrected chi connectivity index (χ1v) is 5.97. The second-order valence-electron chi connectivity index (χ2n) is 4.08. The highest BCUT2D eigenvalue weighted by Gasteiger charge is 2.12. The third kappa shape index (κ3) is 3.93. The summed E-state index contributed by atoms with van der Waals surface area (Å²) in [5.41, 5.74) is 5.44. The standard InChI is InChI=1S/C14H12N2O5/c15-12(17)7-16-13(18)9-2-1-3-11(6-9)21-14(19)10-4-5-20-8-10/h1-6,8H,7H2,(H2,15,17)(H,16,18). The van der Waals surface area contributed by atoms with E-state index in [9.17, 15) is 14.4 Å². The van der Waals surface area contributed by atoms with Crippen LogP contribution in [0.4, 0.5) is 0 Å². The van der Waals surface area contributed by atoms with Gasteiger partial charge in [0.1, 0.15) is 12.0 Å². The SMILES string of the molecule is NC(=O)CNC(=O)c1cccc(OC(=O)c2ccoc2)c1.